The molecule has 1 amide bonds. The number of carbonyl (C=O) groups excluding carboxylic acids is 1. The molecule has 0 atom stereocenters. The van der Waals surface area contributed by atoms with Crippen molar-refractivity contribution in [3.05, 3.63) is 65.0 Å². The Morgan fingerprint density at radius 2 is 1.95 bits per heavy atom. The number of halogens is 1. The van der Waals surface area contributed by atoms with E-state index in [1.165, 1.54) is 12.1 Å². The number of aryl methyl sites for hydroxylation is 1. The molecule has 1 N–H and O–H groups in total. The van der Waals surface area contributed by atoms with E-state index in [2.05, 4.69) is 10.2 Å². The van der Waals surface area contributed by atoms with Gasteiger partial charge < -0.3 is 10.2 Å². The summed E-state index contributed by atoms with van der Waals surface area (Å²) in [5.74, 6) is -0.542. The maximum atomic E-state index is 13.2. The van der Waals surface area contributed by atoms with E-state index in [1.54, 1.807) is 13.0 Å². The molecule has 2 aromatic carbocycles. The minimum absolute atomic E-state index is 0.236. The fraction of sp³-hybridized carbons (Fsp3) is 0.235. The maximum absolute atomic E-state index is 13.2. The lowest BCUT2D eigenvalue weighted by Crippen LogP contribution is -2.14. The molecule has 0 radical (unpaired) electrons. The van der Waals surface area contributed by atoms with Gasteiger partial charge in [-0.2, -0.15) is 0 Å². The van der Waals surface area contributed by atoms with Gasteiger partial charge in [-0.15, -0.1) is 0 Å². The van der Waals surface area contributed by atoms with Crippen molar-refractivity contribution in [3.63, 3.8) is 0 Å². The monoisotopic (exact) mass is 286 g/mol. The van der Waals surface area contributed by atoms with Gasteiger partial charge in [0.2, 0.25) is 0 Å². The second kappa shape index (κ2) is 6.50. The third kappa shape index (κ3) is 4.13. The van der Waals surface area contributed by atoms with Gasteiger partial charge in [0.05, 0.1) is 0 Å². The van der Waals surface area contributed by atoms with Crippen molar-refractivity contribution < 1.29 is 9.18 Å². The normalized spacial score (nSPS) is 10.7. The van der Waals surface area contributed by atoms with Gasteiger partial charge in [0, 0.05) is 17.8 Å². The summed E-state index contributed by atoms with van der Waals surface area (Å²) in [5.41, 5.74) is 2.77. The highest BCUT2D eigenvalue weighted by Crippen LogP contribution is 2.15. The van der Waals surface area contributed by atoms with Crippen molar-refractivity contribution in [1.82, 2.24) is 4.90 Å². The number of anilines is 1. The second-order valence-corrected chi connectivity index (χ2v) is 5.36. The Hall–Kier alpha value is -2.20. The Morgan fingerprint density at radius 1 is 1.19 bits per heavy atom. The summed E-state index contributed by atoms with van der Waals surface area (Å²) >= 11 is 0. The van der Waals surface area contributed by atoms with Crippen molar-refractivity contribution >= 4 is 11.6 Å². The van der Waals surface area contributed by atoms with Crippen LogP contribution in [0.15, 0.2) is 42.5 Å². The van der Waals surface area contributed by atoms with Gasteiger partial charge in [-0.25, -0.2) is 4.39 Å². The smallest absolute Gasteiger partial charge is 0.255 e. The van der Waals surface area contributed by atoms with Crippen LogP contribution in [-0.2, 0) is 6.54 Å². The number of carbonyl (C=O) groups is 1. The van der Waals surface area contributed by atoms with Gasteiger partial charge in [-0.05, 0) is 62.5 Å². The summed E-state index contributed by atoms with van der Waals surface area (Å²) in [7, 11) is 3.99. The van der Waals surface area contributed by atoms with E-state index in [-0.39, 0.29) is 11.7 Å². The van der Waals surface area contributed by atoms with Crippen molar-refractivity contribution in [2.24, 2.45) is 0 Å². The van der Waals surface area contributed by atoms with Crippen LogP contribution in [0.3, 0.4) is 0 Å². The van der Waals surface area contributed by atoms with Crippen molar-refractivity contribution in [1.29, 1.82) is 0 Å². The number of nitrogens with one attached hydrogen (secondary N) is 1. The molecule has 0 fully saturated rings. The SMILES string of the molecule is Cc1cc(C(=O)Nc2cccc(CN(C)C)c2)ccc1F. The standard InChI is InChI=1S/C17H19FN2O/c1-12-9-14(7-8-16(12)18)17(21)19-15-6-4-5-13(10-15)11-20(2)3/h4-10H,11H2,1-3H3,(H,19,21). The largest absolute Gasteiger partial charge is 0.322 e. The van der Waals surface area contributed by atoms with E-state index in [1.807, 2.05) is 38.4 Å². The quantitative estimate of drug-likeness (QED) is 0.933. The zero-order valence-electron chi connectivity index (χ0n) is 12.5. The molecule has 2 rings (SSSR count). The first-order valence-electron chi connectivity index (χ1n) is 6.77. The summed E-state index contributed by atoms with van der Waals surface area (Å²) in [6, 6.07) is 12.0. The van der Waals surface area contributed by atoms with Crippen molar-refractivity contribution in [2.75, 3.05) is 19.4 Å². The average molecular weight is 286 g/mol. The molecule has 0 aliphatic heterocycles. The molecule has 0 saturated heterocycles. The Bertz CT molecular complexity index is 653. The lowest BCUT2D eigenvalue weighted by molar-refractivity contribution is 0.102. The van der Waals surface area contributed by atoms with E-state index < -0.39 is 0 Å². The lowest BCUT2D eigenvalue weighted by Gasteiger charge is -2.11. The first-order chi connectivity index (χ1) is 9.95. The fourth-order valence-electron chi connectivity index (χ4n) is 2.10. The minimum atomic E-state index is -0.306. The Balaban J connectivity index is 2.13. The highest BCUT2D eigenvalue weighted by atomic mass is 19.1. The Morgan fingerprint density at radius 3 is 2.62 bits per heavy atom. The van der Waals surface area contributed by atoms with Crippen LogP contribution in [0.1, 0.15) is 21.5 Å². The van der Waals surface area contributed by atoms with Crippen molar-refractivity contribution in [3.8, 4) is 0 Å². The van der Waals surface area contributed by atoms with Gasteiger partial charge >= 0.3 is 0 Å². The van der Waals surface area contributed by atoms with E-state index >= 15 is 0 Å². The van der Waals surface area contributed by atoms with Gasteiger partial charge in [0.15, 0.2) is 0 Å². The van der Waals surface area contributed by atoms with Gasteiger partial charge in [-0.3, -0.25) is 4.79 Å². The zero-order valence-corrected chi connectivity index (χ0v) is 12.5. The van der Waals surface area contributed by atoms with Crippen LogP contribution in [0.4, 0.5) is 10.1 Å². The number of amides is 1. The molecule has 0 unspecified atom stereocenters. The maximum Gasteiger partial charge on any atom is 0.255 e. The van der Waals surface area contributed by atoms with E-state index in [4.69, 9.17) is 0 Å². The molecular formula is C17H19FN2O. The molecule has 0 aliphatic carbocycles. The van der Waals surface area contributed by atoms with Crippen LogP contribution < -0.4 is 5.32 Å². The van der Waals surface area contributed by atoms with Gasteiger partial charge in [-0.1, -0.05) is 12.1 Å². The predicted molar refractivity (Wildman–Crippen MR) is 82.9 cm³/mol. The highest BCUT2D eigenvalue weighted by molar-refractivity contribution is 6.04. The second-order valence-electron chi connectivity index (χ2n) is 5.36. The Labute approximate surface area is 124 Å². The molecule has 3 nitrogen and oxygen atoms in total. The summed E-state index contributed by atoms with van der Waals surface area (Å²) < 4.78 is 13.2. The van der Waals surface area contributed by atoms with Gasteiger partial charge in [0.1, 0.15) is 5.82 Å². The molecule has 0 saturated carbocycles. The average Bonchev–Trinajstić information content (AvgIpc) is 2.41. The van der Waals surface area contributed by atoms with Crippen LogP contribution in [0.5, 0.6) is 0 Å². The van der Waals surface area contributed by atoms with Crippen LogP contribution in [0, 0.1) is 12.7 Å². The highest BCUT2D eigenvalue weighted by Gasteiger charge is 2.08. The van der Waals surface area contributed by atoms with Crippen LogP contribution in [0.2, 0.25) is 0 Å². The molecule has 0 aromatic heterocycles. The number of hydrogen-bond acceptors (Lipinski definition) is 2. The van der Waals surface area contributed by atoms with E-state index in [0.717, 1.165) is 17.8 Å². The minimum Gasteiger partial charge on any atom is -0.322 e. The van der Waals surface area contributed by atoms with Gasteiger partial charge in [0.25, 0.3) is 5.91 Å². The molecule has 0 aliphatic rings. The topological polar surface area (TPSA) is 32.3 Å². The molecule has 110 valence electrons. The summed E-state index contributed by atoms with van der Waals surface area (Å²) in [4.78, 5) is 14.2. The van der Waals surface area contributed by atoms with Crippen molar-refractivity contribution in [2.45, 2.75) is 13.5 Å². The van der Waals surface area contributed by atoms with E-state index in [0.29, 0.717) is 11.1 Å². The first-order valence-corrected chi connectivity index (χ1v) is 6.77. The molecule has 0 bridgehead atoms. The van der Waals surface area contributed by atoms with Crippen LogP contribution in [0.25, 0.3) is 0 Å². The summed E-state index contributed by atoms with van der Waals surface area (Å²) in [5, 5.41) is 2.84. The molecule has 21 heavy (non-hydrogen) atoms. The molecule has 0 heterocycles. The fourth-order valence-corrected chi connectivity index (χ4v) is 2.10. The number of nitrogens with zero attached hydrogens (tertiary/aromatic N) is 1. The first kappa shape index (κ1) is 15.2. The molecule has 0 spiro atoms. The molecule has 4 heteroatoms. The summed E-state index contributed by atoms with van der Waals surface area (Å²) in [6.07, 6.45) is 0. The van der Waals surface area contributed by atoms with Crippen LogP contribution in [-0.4, -0.2) is 24.9 Å². The number of benzene rings is 2. The van der Waals surface area contributed by atoms with Crippen LogP contribution >= 0.6 is 0 Å². The molecule has 2 aromatic rings. The summed E-state index contributed by atoms with van der Waals surface area (Å²) in [6.45, 7) is 2.45. The Kier molecular flexibility index (Phi) is 4.70. The number of hydrogen-bond donors (Lipinski definition) is 1. The number of rotatable bonds is 4. The third-order valence-electron chi connectivity index (χ3n) is 3.10. The predicted octanol–water partition coefficient (Wildman–Crippen LogP) is 3.45. The lowest BCUT2D eigenvalue weighted by atomic mass is 10.1. The zero-order chi connectivity index (χ0) is 15.4. The van der Waals surface area contributed by atoms with E-state index in [9.17, 15) is 9.18 Å². The third-order valence-corrected chi connectivity index (χ3v) is 3.10. The molecular weight excluding hydrogens is 267 g/mol.